The summed E-state index contributed by atoms with van der Waals surface area (Å²) >= 11 is 0. The van der Waals surface area contributed by atoms with E-state index in [1.165, 1.54) is 37.9 Å². The van der Waals surface area contributed by atoms with E-state index in [1.807, 2.05) is 25.1 Å². The highest BCUT2D eigenvalue weighted by Gasteiger charge is 2.37. The van der Waals surface area contributed by atoms with Crippen molar-refractivity contribution in [2.24, 2.45) is 0 Å². The van der Waals surface area contributed by atoms with Gasteiger partial charge in [0.1, 0.15) is 0 Å². The molecule has 21 heavy (non-hydrogen) atoms. The Morgan fingerprint density at radius 1 is 1.33 bits per heavy atom. The zero-order valence-electron chi connectivity index (χ0n) is 13.0. The monoisotopic (exact) mass is 287 g/mol. The van der Waals surface area contributed by atoms with Gasteiger partial charge in [-0.05, 0) is 57.4 Å². The van der Waals surface area contributed by atoms with Crippen molar-refractivity contribution >= 4 is 11.6 Å². The first-order valence-electron chi connectivity index (χ1n) is 8.08. The number of aryl methyl sites for hydroxylation is 1. The van der Waals surface area contributed by atoms with Gasteiger partial charge in [-0.15, -0.1) is 0 Å². The van der Waals surface area contributed by atoms with Crippen molar-refractivity contribution in [3.05, 3.63) is 29.3 Å². The minimum absolute atomic E-state index is 0.00876. The number of anilines is 1. The Morgan fingerprint density at radius 2 is 2.19 bits per heavy atom. The smallest absolute Gasteiger partial charge is 0.251 e. The highest BCUT2D eigenvalue weighted by Crippen LogP contribution is 2.31. The van der Waals surface area contributed by atoms with Gasteiger partial charge in [0, 0.05) is 36.4 Å². The molecule has 2 aliphatic rings. The molecular weight excluding hydrogens is 262 g/mol. The fourth-order valence-corrected chi connectivity index (χ4v) is 3.63. The molecule has 2 unspecified atom stereocenters. The number of rotatable bonds is 4. The number of nitrogens with one attached hydrogen (secondary N) is 2. The fourth-order valence-electron chi connectivity index (χ4n) is 3.63. The molecule has 0 bridgehead atoms. The number of benzene rings is 1. The van der Waals surface area contributed by atoms with E-state index in [0.29, 0.717) is 18.6 Å². The van der Waals surface area contributed by atoms with Gasteiger partial charge in [-0.25, -0.2) is 0 Å². The van der Waals surface area contributed by atoms with Gasteiger partial charge in [0.25, 0.3) is 5.91 Å². The Labute approximate surface area is 126 Å². The van der Waals surface area contributed by atoms with Gasteiger partial charge in [0.05, 0.1) is 0 Å². The number of hydrogen-bond donors (Lipinski definition) is 2. The van der Waals surface area contributed by atoms with E-state index in [9.17, 15) is 4.79 Å². The molecule has 0 saturated carbocycles. The molecule has 3 rings (SSSR count). The van der Waals surface area contributed by atoms with Gasteiger partial charge < -0.3 is 10.6 Å². The molecule has 0 radical (unpaired) electrons. The standard InChI is InChI=1S/C17H25N3O/c1-3-18-17(21)13-7-6-12(2)15(11-13)19-14-8-10-20-9-4-5-16(14)20/h6-7,11,14,16,19H,3-5,8-10H2,1-2H3,(H,18,21). The van der Waals surface area contributed by atoms with Gasteiger partial charge >= 0.3 is 0 Å². The van der Waals surface area contributed by atoms with Gasteiger partial charge in [0.15, 0.2) is 0 Å². The first-order chi connectivity index (χ1) is 10.2. The van der Waals surface area contributed by atoms with Gasteiger partial charge in [-0.1, -0.05) is 6.07 Å². The van der Waals surface area contributed by atoms with Crippen LogP contribution >= 0.6 is 0 Å². The van der Waals surface area contributed by atoms with Crippen LogP contribution in [0, 0.1) is 6.92 Å². The molecule has 2 fully saturated rings. The fraction of sp³-hybridized carbons (Fsp3) is 0.588. The molecule has 1 aromatic carbocycles. The molecule has 0 spiro atoms. The Bertz CT molecular complexity index is 529. The van der Waals surface area contributed by atoms with Gasteiger partial charge in [-0.2, -0.15) is 0 Å². The average Bonchev–Trinajstić information content (AvgIpc) is 3.06. The zero-order valence-corrected chi connectivity index (χ0v) is 13.0. The molecule has 0 aromatic heterocycles. The first kappa shape index (κ1) is 14.4. The Morgan fingerprint density at radius 3 is 3.00 bits per heavy atom. The zero-order chi connectivity index (χ0) is 14.8. The van der Waals surface area contributed by atoms with Crippen LogP contribution in [0.4, 0.5) is 5.69 Å². The van der Waals surface area contributed by atoms with Crippen LogP contribution in [-0.4, -0.2) is 42.5 Å². The Kier molecular flexibility index (Phi) is 4.15. The summed E-state index contributed by atoms with van der Waals surface area (Å²) in [6, 6.07) is 7.14. The van der Waals surface area contributed by atoms with E-state index in [4.69, 9.17) is 0 Å². The predicted molar refractivity (Wildman–Crippen MR) is 85.8 cm³/mol. The highest BCUT2D eigenvalue weighted by molar-refractivity contribution is 5.95. The number of amides is 1. The molecule has 1 aromatic rings. The van der Waals surface area contributed by atoms with Crippen molar-refractivity contribution in [2.45, 2.75) is 45.2 Å². The third-order valence-corrected chi connectivity index (χ3v) is 4.78. The Balaban J connectivity index is 1.75. The van der Waals surface area contributed by atoms with Crippen molar-refractivity contribution in [2.75, 3.05) is 25.0 Å². The van der Waals surface area contributed by atoms with E-state index in [-0.39, 0.29) is 5.91 Å². The van der Waals surface area contributed by atoms with Crippen molar-refractivity contribution in [1.29, 1.82) is 0 Å². The molecule has 1 amide bonds. The van der Waals surface area contributed by atoms with E-state index in [2.05, 4.69) is 22.5 Å². The van der Waals surface area contributed by atoms with Crippen LogP contribution in [0.3, 0.4) is 0 Å². The quantitative estimate of drug-likeness (QED) is 0.894. The average molecular weight is 287 g/mol. The number of carbonyl (C=O) groups is 1. The van der Waals surface area contributed by atoms with Crippen molar-refractivity contribution < 1.29 is 4.79 Å². The lowest BCUT2D eigenvalue weighted by Crippen LogP contribution is -2.34. The maximum Gasteiger partial charge on any atom is 0.251 e. The van der Waals surface area contributed by atoms with E-state index >= 15 is 0 Å². The third-order valence-electron chi connectivity index (χ3n) is 4.78. The molecule has 2 saturated heterocycles. The predicted octanol–water partition coefficient (Wildman–Crippen LogP) is 2.39. The Hall–Kier alpha value is -1.55. The van der Waals surface area contributed by atoms with Crippen LogP contribution in [0.1, 0.15) is 42.1 Å². The maximum atomic E-state index is 12.0. The molecule has 2 heterocycles. The van der Waals surface area contributed by atoms with E-state index < -0.39 is 0 Å². The number of carbonyl (C=O) groups excluding carboxylic acids is 1. The SMILES string of the molecule is CCNC(=O)c1ccc(C)c(NC2CCN3CCCC23)c1. The molecule has 4 nitrogen and oxygen atoms in total. The van der Waals surface area contributed by atoms with Crippen LogP contribution in [0.2, 0.25) is 0 Å². The summed E-state index contributed by atoms with van der Waals surface area (Å²) < 4.78 is 0. The second-order valence-electron chi connectivity index (χ2n) is 6.17. The summed E-state index contributed by atoms with van der Waals surface area (Å²) in [5.41, 5.74) is 3.06. The second-order valence-corrected chi connectivity index (χ2v) is 6.17. The lowest BCUT2D eigenvalue weighted by atomic mass is 10.0. The normalized spacial score (nSPS) is 24.9. The largest absolute Gasteiger partial charge is 0.380 e. The minimum atomic E-state index is 0.00876. The third kappa shape index (κ3) is 2.91. The van der Waals surface area contributed by atoms with Crippen LogP contribution in [0.15, 0.2) is 18.2 Å². The lowest BCUT2D eigenvalue weighted by molar-refractivity contribution is 0.0956. The van der Waals surface area contributed by atoms with Crippen LogP contribution in [0.5, 0.6) is 0 Å². The molecule has 2 aliphatic heterocycles. The summed E-state index contributed by atoms with van der Waals surface area (Å²) in [4.78, 5) is 14.6. The van der Waals surface area contributed by atoms with Crippen LogP contribution < -0.4 is 10.6 Å². The van der Waals surface area contributed by atoms with Gasteiger partial charge in [0.2, 0.25) is 0 Å². The number of hydrogen-bond acceptors (Lipinski definition) is 3. The molecular formula is C17H25N3O. The van der Waals surface area contributed by atoms with Gasteiger partial charge in [-0.3, -0.25) is 9.69 Å². The maximum absolute atomic E-state index is 12.0. The first-order valence-corrected chi connectivity index (χ1v) is 8.08. The molecule has 2 N–H and O–H groups in total. The summed E-state index contributed by atoms with van der Waals surface area (Å²) in [5.74, 6) is 0.00876. The molecule has 2 atom stereocenters. The highest BCUT2D eigenvalue weighted by atomic mass is 16.1. The van der Waals surface area contributed by atoms with Crippen molar-refractivity contribution in [1.82, 2.24) is 10.2 Å². The summed E-state index contributed by atoms with van der Waals surface area (Å²) in [7, 11) is 0. The molecule has 114 valence electrons. The van der Waals surface area contributed by atoms with Crippen molar-refractivity contribution in [3.63, 3.8) is 0 Å². The van der Waals surface area contributed by atoms with E-state index in [1.54, 1.807) is 0 Å². The topological polar surface area (TPSA) is 44.4 Å². The van der Waals surface area contributed by atoms with Crippen LogP contribution in [0.25, 0.3) is 0 Å². The summed E-state index contributed by atoms with van der Waals surface area (Å²) in [5, 5.41) is 6.56. The lowest BCUT2D eigenvalue weighted by Gasteiger charge is -2.23. The molecule has 4 heteroatoms. The minimum Gasteiger partial charge on any atom is -0.380 e. The number of fused-ring (bicyclic) bond motifs is 1. The van der Waals surface area contributed by atoms with Crippen LogP contribution in [-0.2, 0) is 0 Å². The molecule has 0 aliphatic carbocycles. The number of nitrogens with zero attached hydrogens (tertiary/aromatic N) is 1. The van der Waals surface area contributed by atoms with E-state index in [0.717, 1.165) is 11.3 Å². The summed E-state index contributed by atoms with van der Waals surface area (Å²) in [6.45, 7) is 7.16. The summed E-state index contributed by atoms with van der Waals surface area (Å²) in [6.07, 6.45) is 3.82. The second kappa shape index (κ2) is 6.06. The van der Waals surface area contributed by atoms with Crippen molar-refractivity contribution in [3.8, 4) is 0 Å².